The summed E-state index contributed by atoms with van der Waals surface area (Å²) in [6.07, 6.45) is 3.61. The van der Waals surface area contributed by atoms with Crippen molar-refractivity contribution in [2.75, 3.05) is 0 Å². The maximum Gasteiger partial charge on any atom is 0.137 e. The van der Waals surface area contributed by atoms with Crippen molar-refractivity contribution in [2.24, 2.45) is 0 Å². The molecule has 1 fully saturated rings. The molecule has 2 aromatic carbocycles. The second-order valence-electron chi connectivity index (χ2n) is 6.04. The van der Waals surface area contributed by atoms with Crippen LogP contribution in [-0.4, -0.2) is 14.8 Å². The van der Waals surface area contributed by atoms with Gasteiger partial charge in [-0.2, -0.15) is 5.10 Å². The van der Waals surface area contributed by atoms with Gasteiger partial charge in [0.2, 0.25) is 0 Å². The minimum absolute atomic E-state index is 0.101. The standard InChI is InChI=1S/C18H14ClF2N3/c19-17(24-11-22-10-23-24)18(12-5-7-13(20)8-6-12)9-15(18)14-3-1-2-4-16(14)21/h1-8,10-11,15,17H,9H2. The highest BCUT2D eigenvalue weighted by Gasteiger charge is 2.62. The van der Waals surface area contributed by atoms with Gasteiger partial charge in [-0.25, -0.2) is 18.4 Å². The second kappa shape index (κ2) is 5.67. The number of aromatic nitrogens is 3. The van der Waals surface area contributed by atoms with Gasteiger partial charge in [-0.1, -0.05) is 41.9 Å². The first-order chi connectivity index (χ1) is 11.6. The third-order valence-electron chi connectivity index (χ3n) is 4.76. The minimum atomic E-state index is -0.550. The molecule has 0 amide bonds. The zero-order valence-corrected chi connectivity index (χ0v) is 13.4. The average Bonchev–Trinajstić information content (AvgIpc) is 3.09. The van der Waals surface area contributed by atoms with Crippen molar-refractivity contribution in [3.63, 3.8) is 0 Å². The van der Waals surface area contributed by atoms with Crippen LogP contribution in [0.5, 0.6) is 0 Å². The second-order valence-corrected chi connectivity index (χ2v) is 6.45. The fourth-order valence-corrected chi connectivity index (χ4v) is 3.94. The molecule has 1 heterocycles. The van der Waals surface area contributed by atoms with Crippen molar-refractivity contribution < 1.29 is 8.78 Å². The lowest BCUT2D eigenvalue weighted by atomic mass is 9.90. The van der Waals surface area contributed by atoms with Crippen LogP contribution in [0.4, 0.5) is 8.78 Å². The van der Waals surface area contributed by atoms with E-state index < -0.39 is 10.9 Å². The van der Waals surface area contributed by atoms with Crippen molar-refractivity contribution in [3.8, 4) is 0 Å². The molecule has 0 aliphatic heterocycles. The first-order valence-corrected chi connectivity index (χ1v) is 8.05. The molecule has 6 heteroatoms. The summed E-state index contributed by atoms with van der Waals surface area (Å²) < 4.78 is 29.2. The van der Waals surface area contributed by atoms with E-state index in [2.05, 4.69) is 10.1 Å². The van der Waals surface area contributed by atoms with Gasteiger partial charge in [0.05, 0.1) is 0 Å². The van der Waals surface area contributed by atoms with Crippen molar-refractivity contribution in [1.82, 2.24) is 14.8 Å². The quantitative estimate of drug-likeness (QED) is 0.655. The summed E-state index contributed by atoms with van der Waals surface area (Å²) in [5.41, 5.74) is 0.390. The molecular weight excluding hydrogens is 332 g/mol. The van der Waals surface area contributed by atoms with Crippen molar-refractivity contribution in [2.45, 2.75) is 23.3 Å². The predicted molar refractivity (Wildman–Crippen MR) is 86.7 cm³/mol. The maximum atomic E-state index is 14.3. The van der Waals surface area contributed by atoms with Crippen LogP contribution in [0.25, 0.3) is 0 Å². The van der Waals surface area contributed by atoms with Crippen LogP contribution < -0.4 is 0 Å². The Kier molecular flexibility index (Phi) is 3.61. The summed E-state index contributed by atoms with van der Waals surface area (Å²) in [7, 11) is 0. The zero-order valence-electron chi connectivity index (χ0n) is 12.6. The van der Waals surface area contributed by atoms with Crippen LogP contribution in [0.2, 0.25) is 0 Å². The molecule has 3 aromatic rings. The average molecular weight is 346 g/mol. The smallest absolute Gasteiger partial charge is 0.137 e. The highest BCUT2D eigenvalue weighted by Crippen LogP contribution is 2.67. The third kappa shape index (κ3) is 2.31. The third-order valence-corrected chi connectivity index (χ3v) is 5.35. The highest BCUT2D eigenvalue weighted by atomic mass is 35.5. The number of benzene rings is 2. The molecule has 24 heavy (non-hydrogen) atoms. The van der Waals surface area contributed by atoms with E-state index in [4.69, 9.17) is 11.6 Å². The SMILES string of the molecule is Fc1ccc(C2(C(Cl)n3cncn3)CC2c2ccccc2F)cc1. The lowest BCUT2D eigenvalue weighted by Gasteiger charge is -2.24. The first-order valence-electron chi connectivity index (χ1n) is 7.61. The fourth-order valence-electron chi connectivity index (χ4n) is 3.47. The van der Waals surface area contributed by atoms with Gasteiger partial charge in [0.25, 0.3) is 0 Å². The van der Waals surface area contributed by atoms with Crippen LogP contribution >= 0.6 is 11.6 Å². The molecule has 122 valence electrons. The summed E-state index contributed by atoms with van der Waals surface area (Å²) in [6, 6.07) is 12.9. The molecule has 3 unspecified atom stereocenters. The van der Waals surface area contributed by atoms with Crippen LogP contribution in [0, 0.1) is 11.6 Å². The molecule has 0 radical (unpaired) electrons. The molecule has 3 atom stereocenters. The number of hydrogen-bond acceptors (Lipinski definition) is 2. The lowest BCUT2D eigenvalue weighted by Crippen LogP contribution is -2.22. The lowest BCUT2D eigenvalue weighted by molar-refractivity contribution is 0.461. The highest BCUT2D eigenvalue weighted by molar-refractivity contribution is 6.20. The number of alkyl halides is 1. The van der Waals surface area contributed by atoms with E-state index in [1.165, 1.54) is 24.5 Å². The van der Waals surface area contributed by atoms with Gasteiger partial charge < -0.3 is 0 Å². The number of rotatable bonds is 4. The summed E-state index contributed by atoms with van der Waals surface area (Å²) in [5, 5.41) is 4.12. The van der Waals surface area contributed by atoms with Gasteiger partial charge in [0.1, 0.15) is 29.8 Å². The van der Waals surface area contributed by atoms with Crippen molar-refractivity contribution in [3.05, 3.63) is 83.9 Å². The molecule has 3 nitrogen and oxygen atoms in total. The maximum absolute atomic E-state index is 14.3. The molecule has 0 saturated heterocycles. The number of halogens is 3. The molecule has 0 spiro atoms. The largest absolute Gasteiger partial charge is 0.234 e. The monoisotopic (exact) mass is 345 g/mol. The van der Waals surface area contributed by atoms with E-state index in [0.717, 1.165) is 5.56 Å². The van der Waals surface area contributed by atoms with Crippen LogP contribution in [0.3, 0.4) is 0 Å². The molecule has 0 bridgehead atoms. The fraction of sp³-hybridized carbons (Fsp3) is 0.222. The van der Waals surface area contributed by atoms with Gasteiger partial charge in [-0.15, -0.1) is 0 Å². The number of hydrogen-bond donors (Lipinski definition) is 0. The van der Waals surface area contributed by atoms with Crippen LogP contribution in [-0.2, 0) is 5.41 Å². The van der Waals surface area contributed by atoms with Gasteiger partial charge >= 0.3 is 0 Å². The number of nitrogens with zero attached hydrogens (tertiary/aromatic N) is 3. The van der Waals surface area contributed by atoms with Crippen LogP contribution in [0.15, 0.2) is 61.2 Å². The zero-order chi connectivity index (χ0) is 16.7. The van der Waals surface area contributed by atoms with E-state index >= 15 is 0 Å². The minimum Gasteiger partial charge on any atom is -0.234 e. The molecule has 4 rings (SSSR count). The molecule has 1 saturated carbocycles. The summed E-state index contributed by atoms with van der Waals surface area (Å²) in [4.78, 5) is 3.94. The Balaban J connectivity index is 1.80. The molecule has 0 N–H and O–H groups in total. The summed E-state index contributed by atoms with van der Waals surface area (Å²) in [6.45, 7) is 0. The Morgan fingerprint density at radius 2 is 1.88 bits per heavy atom. The summed E-state index contributed by atoms with van der Waals surface area (Å²) >= 11 is 6.72. The molecule has 1 aliphatic rings. The Bertz CT molecular complexity index is 851. The topological polar surface area (TPSA) is 30.7 Å². The van der Waals surface area contributed by atoms with Gasteiger partial charge in [-0.05, 0) is 35.7 Å². The predicted octanol–water partition coefficient (Wildman–Crippen LogP) is 4.42. The van der Waals surface area contributed by atoms with Gasteiger partial charge in [-0.3, -0.25) is 0 Å². The Labute approximate surface area is 142 Å². The Morgan fingerprint density at radius 1 is 1.12 bits per heavy atom. The van der Waals surface area contributed by atoms with E-state index in [9.17, 15) is 8.78 Å². The van der Waals surface area contributed by atoms with Gasteiger partial charge in [0, 0.05) is 11.3 Å². The van der Waals surface area contributed by atoms with E-state index in [0.29, 0.717) is 12.0 Å². The van der Waals surface area contributed by atoms with E-state index in [1.807, 2.05) is 6.07 Å². The molecule has 1 aliphatic carbocycles. The van der Waals surface area contributed by atoms with Gasteiger partial charge in [0.15, 0.2) is 0 Å². The van der Waals surface area contributed by atoms with E-state index in [-0.39, 0.29) is 17.6 Å². The van der Waals surface area contributed by atoms with E-state index in [1.54, 1.807) is 35.3 Å². The first kappa shape index (κ1) is 15.3. The molecular formula is C18H14ClF2N3. The summed E-state index contributed by atoms with van der Waals surface area (Å²) in [5.74, 6) is -0.673. The van der Waals surface area contributed by atoms with Crippen molar-refractivity contribution in [1.29, 1.82) is 0 Å². The Hall–Kier alpha value is -2.27. The van der Waals surface area contributed by atoms with Crippen molar-refractivity contribution >= 4 is 11.6 Å². The Morgan fingerprint density at radius 3 is 2.54 bits per heavy atom. The molecule has 1 aromatic heterocycles. The normalized spacial score (nSPS) is 23.9. The van der Waals surface area contributed by atoms with Crippen LogP contribution in [0.1, 0.15) is 29.0 Å².